The van der Waals surface area contributed by atoms with Crippen molar-refractivity contribution in [3.8, 4) is 11.5 Å². The highest BCUT2D eigenvalue weighted by Crippen LogP contribution is 2.30. The van der Waals surface area contributed by atoms with Crippen molar-refractivity contribution in [3.63, 3.8) is 0 Å². The lowest BCUT2D eigenvalue weighted by Gasteiger charge is -2.04. The predicted molar refractivity (Wildman–Crippen MR) is 44.2 cm³/mol. The van der Waals surface area contributed by atoms with Gasteiger partial charge in [0.1, 0.15) is 11.5 Å². The fourth-order valence-corrected chi connectivity index (χ4v) is 1.18. The summed E-state index contributed by atoms with van der Waals surface area (Å²) in [7, 11) is 0. The van der Waals surface area contributed by atoms with Gasteiger partial charge in [0.15, 0.2) is 0 Å². The molecule has 1 aromatic rings. The molecule has 0 atom stereocenters. The maximum Gasteiger partial charge on any atom is 0.123 e. The first-order chi connectivity index (χ1) is 5.15. The zero-order valence-electron chi connectivity index (χ0n) is 6.13. The minimum absolute atomic E-state index is 0.0532. The van der Waals surface area contributed by atoms with Crippen molar-refractivity contribution in [2.75, 3.05) is 0 Å². The Labute approximate surface area is 70.1 Å². The summed E-state index contributed by atoms with van der Waals surface area (Å²) in [6, 6.07) is 2.83. The van der Waals surface area contributed by atoms with Crippen LogP contribution in [-0.2, 0) is 6.42 Å². The molecule has 0 unspecified atom stereocenters. The Morgan fingerprint density at radius 3 is 2.09 bits per heavy atom. The molecule has 0 spiro atoms. The van der Waals surface area contributed by atoms with E-state index in [1.807, 2.05) is 6.92 Å². The standard InChI is InChI=1S/C8H9ClO2/c1-2-6-7(10)3-5(9)4-8(6)11/h3-4,10-11H,2H2,1H3. The van der Waals surface area contributed by atoms with Crippen LogP contribution in [0.15, 0.2) is 12.1 Å². The van der Waals surface area contributed by atoms with Crippen molar-refractivity contribution in [1.29, 1.82) is 0 Å². The molecule has 2 nitrogen and oxygen atoms in total. The van der Waals surface area contributed by atoms with Gasteiger partial charge in [-0.2, -0.15) is 0 Å². The van der Waals surface area contributed by atoms with E-state index in [-0.39, 0.29) is 11.5 Å². The molecule has 0 aliphatic rings. The van der Waals surface area contributed by atoms with Gasteiger partial charge >= 0.3 is 0 Å². The first-order valence-corrected chi connectivity index (χ1v) is 3.73. The highest BCUT2D eigenvalue weighted by atomic mass is 35.5. The van der Waals surface area contributed by atoms with E-state index in [1.165, 1.54) is 12.1 Å². The normalized spacial score (nSPS) is 10.0. The molecule has 0 aliphatic heterocycles. The Kier molecular flexibility index (Phi) is 2.25. The molecule has 60 valence electrons. The van der Waals surface area contributed by atoms with Crippen LogP contribution in [0.5, 0.6) is 11.5 Å². The lowest BCUT2D eigenvalue weighted by atomic mass is 10.1. The van der Waals surface area contributed by atoms with E-state index in [1.54, 1.807) is 0 Å². The van der Waals surface area contributed by atoms with E-state index in [2.05, 4.69) is 0 Å². The molecule has 0 fully saturated rings. The summed E-state index contributed by atoms with van der Waals surface area (Å²) in [5.41, 5.74) is 0.536. The Hall–Kier alpha value is -0.890. The minimum atomic E-state index is 0.0532. The van der Waals surface area contributed by atoms with Gasteiger partial charge in [-0.15, -0.1) is 0 Å². The van der Waals surface area contributed by atoms with Crippen molar-refractivity contribution >= 4 is 11.6 Å². The summed E-state index contributed by atoms with van der Waals surface area (Å²) in [5.74, 6) is 0.106. The Morgan fingerprint density at radius 1 is 1.27 bits per heavy atom. The van der Waals surface area contributed by atoms with Crippen LogP contribution in [0.4, 0.5) is 0 Å². The van der Waals surface area contributed by atoms with Crippen LogP contribution in [0.3, 0.4) is 0 Å². The number of benzene rings is 1. The summed E-state index contributed by atoms with van der Waals surface area (Å²) in [4.78, 5) is 0. The third-order valence-corrected chi connectivity index (χ3v) is 1.74. The Morgan fingerprint density at radius 2 is 1.73 bits per heavy atom. The molecule has 0 aliphatic carbocycles. The molecule has 2 N–H and O–H groups in total. The molecular formula is C8H9ClO2. The molecule has 11 heavy (non-hydrogen) atoms. The molecule has 0 amide bonds. The molecule has 0 radical (unpaired) electrons. The van der Waals surface area contributed by atoms with Crippen molar-refractivity contribution in [1.82, 2.24) is 0 Å². The molecule has 0 saturated carbocycles. The van der Waals surface area contributed by atoms with E-state index in [0.29, 0.717) is 17.0 Å². The molecule has 3 heteroatoms. The van der Waals surface area contributed by atoms with E-state index in [4.69, 9.17) is 11.6 Å². The van der Waals surface area contributed by atoms with E-state index < -0.39 is 0 Å². The second-order valence-electron chi connectivity index (χ2n) is 2.28. The summed E-state index contributed by atoms with van der Waals surface area (Å²) < 4.78 is 0. The maximum absolute atomic E-state index is 9.23. The topological polar surface area (TPSA) is 40.5 Å². The van der Waals surface area contributed by atoms with Gasteiger partial charge in [-0.25, -0.2) is 0 Å². The van der Waals surface area contributed by atoms with Crippen LogP contribution in [0.25, 0.3) is 0 Å². The molecule has 0 aromatic heterocycles. The largest absolute Gasteiger partial charge is 0.507 e. The Bertz CT molecular complexity index is 248. The van der Waals surface area contributed by atoms with Crippen molar-refractivity contribution in [2.45, 2.75) is 13.3 Å². The lowest BCUT2D eigenvalue weighted by Crippen LogP contribution is -1.82. The number of aromatic hydroxyl groups is 2. The fraction of sp³-hybridized carbons (Fsp3) is 0.250. The van der Waals surface area contributed by atoms with Gasteiger partial charge in [-0.05, 0) is 18.6 Å². The van der Waals surface area contributed by atoms with Crippen LogP contribution >= 0.6 is 11.6 Å². The quantitative estimate of drug-likeness (QED) is 0.683. The first kappa shape index (κ1) is 8.21. The van der Waals surface area contributed by atoms with Crippen LogP contribution in [-0.4, -0.2) is 10.2 Å². The van der Waals surface area contributed by atoms with Crippen LogP contribution in [0.2, 0.25) is 5.02 Å². The van der Waals surface area contributed by atoms with Crippen molar-refractivity contribution in [2.24, 2.45) is 0 Å². The number of rotatable bonds is 1. The van der Waals surface area contributed by atoms with Crippen LogP contribution in [0.1, 0.15) is 12.5 Å². The van der Waals surface area contributed by atoms with E-state index in [0.717, 1.165) is 0 Å². The lowest BCUT2D eigenvalue weighted by molar-refractivity contribution is 0.439. The third kappa shape index (κ3) is 1.57. The summed E-state index contributed by atoms with van der Waals surface area (Å²) >= 11 is 5.56. The smallest absolute Gasteiger partial charge is 0.123 e. The first-order valence-electron chi connectivity index (χ1n) is 3.35. The zero-order valence-corrected chi connectivity index (χ0v) is 6.89. The van der Waals surface area contributed by atoms with Gasteiger partial charge in [-0.3, -0.25) is 0 Å². The number of halogens is 1. The number of hydrogen-bond donors (Lipinski definition) is 2. The highest BCUT2D eigenvalue weighted by molar-refractivity contribution is 6.30. The second kappa shape index (κ2) is 3.01. The monoisotopic (exact) mass is 172 g/mol. The number of phenols is 2. The molecule has 1 aromatic carbocycles. The van der Waals surface area contributed by atoms with E-state index in [9.17, 15) is 10.2 Å². The number of phenolic OH excluding ortho intramolecular Hbond substituents is 2. The predicted octanol–water partition coefficient (Wildman–Crippen LogP) is 2.31. The van der Waals surface area contributed by atoms with E-state index >= 15 is 0 Å². The van der Waals surface area contributed by atoms with Gasteiger partial charge in [0.2, 0.25) is 0 Å². The molecule has 0 heterocycles. The minimum Gasteiger partial charge on any atom is -0.507 e. The zero-order chi connectivity index (χ0) is 8.43. The average molecular weight is 173 g/mol. The molecule has 0 bridgehead atoms. The number of hydrogen-bond acceptors (Lipinski definition) is 2. The maximum atomic E-state index is 9.23. The third-order valence-electron chi connectivity index (χ3n) is 1.52. The molecule has 1 rings (SSSR count). The average Bonchev–Trinajstić information content (AvgIpc) is 1.85. The summed E-state index contributed by atoms with van der Waals surface area (Å²) in [6.45, 7) is 1.85. The van der Waals surface area contributed by atoms with Gasteiger partial charge < -0.3 is 10.2 Å². The fourth-order valence-electron chi connectivity index (χ4n) is 0.971. The Balaban J connectivity index is 3.25. The van der Waals surface area contributed by atoms with Gasteiger partial charge in [0.25, 0.3) is 0 Å². The van der Waals surface area contributed by atoms with Crippen LogP contribution < -0.4 is 0 Å². The van der Waals surface area contributed by atoms with Crippen LogP contribution in [0, 0.1) is 0 Å². The van der Waals surface area contributed by atoms with Gasteiger partial charge in [0.05, 0.1) is 0 Å². The van der Waals surface area contributed by atoms with Crippen molar-refractivity contribution in [3.05, 3.63) is 22.7 Å². The summed E-state index contributed by atoms with van der Waals surface area (Å²) in [6.07, 6.45) is 0.592. The van der Waals surface area contributed by atoms with Gasteiger partial charge in [0, 0.05) is 10.6 Å². The molecular weight excluding hydrogens is 164 g/mol. The molecule has 0 saturated heterocycles. The summed E-state index contributed by atoms with van der Waals surface area (Å²) in [5, 5.41) is 18.8. The van der Waals surface area contributed by atoms with Crippen molar-refractivity contribution < 1.29 is 10.2 Å². The SMILES string of the molecule is CCc1c(O)cc(Cl)cc1O. The second-order valence-corrected chi connectivity index (χ2v) is 2.71. The highest BCUT2D eigenvalue weighted by Gasteiger charge is 2.05. The van der Waals surface area contributed by atoms with Gasteiger partial charge in [-0.1, -0.05) is 18.5 Å².